The number of hydrogen-bond acceptors (Lipinski definition) is 4. The predicted octanol–water partition coefficient (Wildman–Crippen LogP) is 37.4. The molecule has 2 aliphatic heterocycles. The molecule has 3 aromatic heterocycles. The summed E-state index contributed by atoms with van der Waals surface area (Å²) in [4.78, 5) is 25.1. The summed E-state index contributed by atoms with van der Waals surface area (Å²) < 4.78 is 0. The van der Waals surface area contributed by atoms with E-state index < -0.39 is 0 Å². The molecule has 8 bridgehead atoms. The first-order valence-electron chi connectivity index (χ1n) is 50.9. The number of aromatic amines is 2. The van der Waals surface area contributed by atoms with Gasteiger partial charge in [0, 0.05) is 101 Å². The normalized spacial score (nSPS) is 12.8. The Morgan fingerprint density at radius 3 is 0.662 bits per heavy atom. The van der Waals surface area contributed by atoms with E-state index >= 15 is 0 Å². The van der Waals surface area contributed by atoms with Crippen molar-refractivity contribution in [3.63, 3.8) is 0 Å². The van der Waals surface area contributed by atoms with Crippen LogP contribution in [0.1, 0.15) is 308 Å². The van der Waals surface area contributed by atoms with E-state index in [0.29, 0.717) is 0 Å². The number of nitrogens with zero attached hydrogens (tertiary/aromatic N) is 4. The van der Waals surface area contributed by atoms with Crippen molar-refractivity contribution in [2.45, 2.75) is 262 Å². The third-order valence-electron chi connectivity index (χ3n) is 28.2. The van der Waals surface area contributed by atoms with E-state index in [1.807, 2.05) is 6.07 Å². The fraction of sp³-hybridized carbons (Fsp3) is 0.294. The van der Waals surface area contributed by atoms with E-state index in [4.69, 9.17) is 9.97 Å². The average molecular weight is 1860 g/mol. The Balaban J connectivity index is 0.907. The van der Waals surface area contributed by atoms with Crippen LogP contribution < -0.4 is 9.80 Å². The quantitative estimate of drug-likeness (QED) is 0.120. The standard InChI is InChI=1S/C136H144N6/c1-127(2,3)96-47-59-108(60-48-96)141(109-61-49-97(50-62-109)128(4,5)6)106-55-43-90(44-56-106)113-76-89(37-36-87-34-32-31-33-35-87)77-114(91-45-57-107(58-46-91)142(110-63-51-98(52-64-110)129(7,8)9)111-65-53-99(54-66-111)130(10,11)12)112(113)67-40-88-38-41-92(42-39-88)123-115-68-70-117(137-115)124(93-78-100(131(13,14)15)84-101(79-93)132(16,17)18)119-72-74-121(139-119)126(95-82-104(135(25,26)27)86-105(83-95)136(28,29)30)122-75-73-120(140-122)125(118-71-69-116(123)138-118)94-80-102(133(19,20)21)85-103(81-94)134(22,23)24/h31-35,38-39,41-66,68-86,137,140H,1-30H3. The van der Waals surface area contributed by atoms with Crippen LogP contribution in [0.5, 0.6) is 0 Å². The molecule has 2 aliphatic rings. The summed E-state index contributed by atoms with van der Waals surface area (Å²) in [5.74, 6) is 15.1. The maximum absolute atomic E-state index is 5.99. The Hall–Kier alpha value is -14.0. The highest BCUT2D eigenvalue weighted by atomic mass is 15.1. The molecule has 2 N–H and O–H groups in total. The first kappa shape index (κ1) is 99.5. The third-order valence-corrected chi connectivity index (χ3v) is 28.2. The molecule has 0 amide bonds. The number of fused-ring (bicyclic) bond motifs is 8. The van der Waals surface area contributed by atoms with E-state index in [1.54, 1.807) is 0 Å². The topological polar surface area (TPSA) is 63.8 Å². The summed E-state index contributed by atoms with van der Waals surface area (Å²) >= 11 is 0. The van der Waals surface area contributed by atoms with Gasteiger partial charge >= 0.3 is 0 Å². The highest BCUT2D eigenvalue weighted by Gasteiger charge is 2.32. The van der Waals surface area contributed by atoms with Crippen molar-refractivity contribution in [1.82, 2.24) is 19.9 Å². The van der Waals surface area contributed by atoms with Gasteiger partial charge in [-0.3, -0.25) is 0 Å². The fourth-order valence-electron chi connectivity index (χ4n) is 19.1. The molecule has 0 saturated carbocycles. The second-order valence-corrected chi connectivity index (χ2v) is 49.7. The molecule has 718 valence electrons. The molecule has 5 heterocycles. The van der Waals surface area contributed by atoms with Gasteiger partial charge in [0.1, 0.15) is 0 Å². The van der Waals surface area contributed by atoms with Gasteiger partial charge in [-0.15, -0.1) is 0 Å². The number of aromatic nitrogens is 4. The molecule has 0 spiro atoms. The minimum absolute atomic E-state index is 0.0209. The minimum Gasteiger partial charge on any atom is -0.354 e. The summed E-state index contributed by atoms with van der Waals surface area (Å²) in [5, 5.41) is 0. The van der Waals surface area contributed by atoms with Crippen LogP contribution in [0.25, 0.3) is 113 Å². The Morgan fingerprint density at radius 1 is 0.190 bits per heavy atom. The van der Waals surface area contributed by atoms with Crippen LogP contribution in [-0.4, -0.2) is 19.9 Å². The lowest BCUT2D eigenvalue weighted by molar-refractivity contribution is 0.568. The maximum Gasteiger partial charge on any atom is 0.0737 e. The highest BCUT2D eigenvalue weighted by Crippen LogP contribution is 2.49. The van der Waals surface area contributed by atoms with Gasteiger partial charge in [-0.1, -0.05) is 389 Å². The SMILES string of the molecule is CC(C)(C)c1ccc(N(c2ccc(-c3cc(C#Cc4ccccc4)cc(-c4ccc(N(c5ccc(C(C)(C)C)cc5)c5ccc(C(C)(C)C)cc5)cc4)c3C#Cc3ccc(-c4c5nc(c(-c6cc(C(C)(C)C)cc(C(C)(C)C)c6)c6ccc([nH]6)c(-c6cc(C(C)(C)C)cc(C(C)(C)C)c6)c6nc(c(-c7cc(C(C)(C)C)cc(C(C)(C)C)c7)c7ccc4[nH]7)C=C6)C=C5)cc3)cc2)c2ccc(C(C)(C)C)cc2)cc1. The molecule has 0 fully saturated rings. The van der Waals surface area contributed by atoms with Crippen molar-refractivity contribution < 1.29 is 0 Å². The molecule has 0 saturated heterocycles. The van der Waals surface area contributed by atoms with Gasteiger partial charge in [0.2, 0.25) is 0 Å². The van der Waals surface area contributed by atoms with Crippen molar-refractivity contribution in [3.05, 3.63) is 392 Å². The molecule has 0 radical (unpaired) electrons. The van der Waals surface area contributed by atoms with Gasteiger partial charge in [0.05, 0.1) is 22.8 Å². The van der Waals surface area contributed by atoms with Gasteiger partial charge in [0.25, 0.3) is 0 Å². The Labute approximate surface area is 848 Å². The van der Waals surface area contributed by atoms with Gasteiger partial charge in [-0.25, -0.2) is 9.97 Å². The molecule has 15 aromatic rings. The number of anilines is 6. The smallest absolute Gasteiger partial charge is 0.0737 e. The predicted molar refractivity (Wildman–Crippen MR) is 613 cm³/mol. The third kappa shape index (κ3) is 21.6. The molecular weight excluding hydrogens is 1720 g/mol. The molecule has 0 aliphatic carbocycles. The average Bonchev–Trinajstić information content (AvgIpc) is 1.69. The van der Waals surface area contributed by atoms with E-state index in [1.165, 1.54) is 55.6 Å². The molecule has 0 unspecified atom stereocenters. The largest absolute Gasteiger partial charge is 0.354 e. The van der Waals surface area contributed by atoms with Crippen LogP contribution >= 0.6 is 0 Å². The molecule has 6 heteroatoms. The zero-order valence-corrected chi connectivity index (χ0v) is 89.8. The first-order valence-corrected chi connectivity index (χ1v) is 50.9. The van der Waals surface area contributed by atoms with Gasteiger partial charge in [-0.05, 0) is 312 Å². The van der Waals surface area contributed by atoms with E-state index in [-0.39, 0.29) is 54.1 Å². The molecule has 142 heavy (non-hydrogen) atoms. The van der Waals surface area contributed by atoms with Crippen LogP contribution in [0.15, 0.2) is 291 Å². The molecule has 12 aromatic carbocycles. The van der Waals surface area contributed by atoms with Gasteiger partial charge in [0.15, 0.2) is 0 Å². The van der Waals surface area contributed by atoms with Crippen molar-refractivity contribution in [2.24, 2.45) is 0 Å². The fourth-order valence-corrected chi connectivity index (χ4v) is 19.1. The van der Waals surface area contributed by atoms with E-state index in [9.17, 15) is 0 Å². The molecule has 0 atom stereocenters. The molecular formula is C136H144N6. The molecule has 6 nitrogen and oxygen atoms in total. The van der Waals surface area contributed by atoms with Crippen molar-refractivity contribution >= 4 is 80.5 Å². The van der Waals surface area contributed by atoms with Gasteiger partial charge in [-0.2, -0.15) is 0 Å². The summed E-state index contributed by atoms with van der Waals surface area (Å²) in [7, 11) is 0. The lowest BCUT2D eigenvalue weighted by atomic mass is 9.78. The Kier molecular flexibility index (Phi) is 26.2. The van der Waals surface area contributed by atoms with Crippen molar-refractivity contribution in [1.29, 1.82) is 0 Å². The monoisotopic (exact) mass is 1860 g/mol. The van der Waals surface area contributed by atoms with Crippen LogP contribution in [0, 0.1) is 23.7 Å². The molecule has 17 rings (SSSR count). The number of H-pyrrole nitrogens is 2. The van der Waals surface area contributed by atoms with Crippen LogP contribution in [-0.2, 0) is 54.1 Å². The lowest BCUT2D eigenvalue weighted by Gasteiger charge is -2.28. The minimum atomic E-state index is -0.174. The highest BCUT2D eigenvalue weighted by molar-refractivity contribution is 6.01. The van der Waals surface area contributed by atoms with Crippen LogP contribution in [0.2, 0.25) is 0 Å². The van der Waals surface area contributed by atoms with Gasteiger partial charge < -0.3 is 19.8 Å². The number of rotatable bonds is 12. The van der Waals surface area contributed by atoms with Crippen molar-refractivity contribution in [3.8, 4) is 90.4 Å². The zero-order chi connectivity index (χ0) is 102. The second-order valence-electron chi connectivity index (χ2n) is 49.7. The number of hydrogen-bond donors (Lipinski definition) is 2. The zero-order valence-electron chi connectivity index (χ0n) is 89.8. The summed E-state index contributed by atoms with van der Waals surface area (Å²) in [6.07, 6.45) is 8.98. The Morgan fingerprint density at radius 2 is 0.408 bits per heavy atom. The summed E-state index contributed by atoms with van der Waals surface area (Å²) in [6.45, 7) is 69.2. The van der Waals surface area contributed by atoms with Crippen LogP contribution in [0.4, 0.5) is 34.1 Å². The first-order chi connectivity index (χ1) is 66.6. The van der Waals surface area contributed by atoms with E-state index in [0.717, 1.165) is 168 Å². The Bertz CT molecular complexity index is 7210. The lowest BCUT2D eigenvalue weighted by Crippen LogP contribution is -2.16. The maximum atomic E-state index is 5.99. The summed E-state index contributed by atoms with van der Waals surface area (Å²) in [5.41, 5.74) is 40.8. The van der Waals surface area contributed by atoms with Crippen molar-refractivity contribution in [2.75, 3.05) is 9.80 Å². The second kappa shape index (κ2) is 37.4. The number of benzene rings is 12. The van der Waals surface area contributed by atoms with Crippen LogP contribution in [0.3, 0.4) is 0 Å². The van der Waals surface area contributed by atoms with E-state index in [2.05, 4.69) is 561 Å². The summed E-state index contributed by atoms with van der Waals surface area (Å²) in [6, 6.07) is 109. The number of nitrogens with one attached hydrogen (secondary N) is 2.